The summed E-state index contributed by atoms with van der Waals surface area (Å²) >= 11 is 1.46. The van der Waals surface area contributed by atoms with Gasteiger partial charge >= 0.3 is 0 Å². The molecule has 0 aliphatic rings. The standard InChI is InChI=1S/C17H19N5OS/c1-9-12(8-14(22(3)4)16(18)19-9)11-5-6-13-15(7-11)24-17(21-13)20-10(2)23/h5-8H,1-4H3,(H2,18,19)(H,20,21,23). The first-order valence-corrected chi connectivity index (χ1v) is 8.30. The first-order valence-electron chi connectivity index (χ1n) is 7.48. The van der Waals surface area contributed by atoms with Gasteiger partial charge in [-0.3, -0.25) is 4.79 Å². The van der Waals surface area contributed by atoms with Crippen molar-refractivity contribution in [3.63, 3.8) is 0 Å². The number of rotatable bonds is 3. The predicted molar refractivity (Wildman–Crippen MR) is 101 cm³/mol. The van der Waals surface area contributed by atoms with Crippen LogP contribution in [0.15, 0.2) is 24.3 Å². The number of benzene rings is 1. The average Bonchev–Trinajstić information content (AvgIpc) is 2.87. The number of amides is 1. The molecule has 6 nitrogen and oxygen atoms in total. The number of hydrogen-bond acceptors (Lipinski definition) is 6. The van der Waals surface area contributed by atoms with E-state index in [-0.39, 0.29) is 5.91 Å². The SMILES string of the molecule is CC(=O)Nc1nc2ccc(-c3cc(N(C)C)c(N)nc3C)cc2s1. The van der Waals surface area contributed by atoms with E-state index >= 15 is 0 Å². The van der Waals surface area contributed by atoms with Crippen LogP contribution in [0.4, 0.5) is 16.6 Å². The molecule has 1 amide bonds. The highest BCUT2D eigenvalue weighted by Gasteiger charge is 2.12. The second-order valence-corrected chi connectivity index (χ2v) is 6.83. The number of pyridine rings is 1. The van der Waals surface area contributed by atoms with Gasteiger partial charge in [0.05, 0.1) is 15.9 Å². The van der Waals surface area contributed by atoms with Crippen LogP contribution >= 0.6 is 11.3 Å². The molecule has 1 aromatic carbocycles. The van der Waals surface area contributed by atoms with Crippen molar-refractivity contribution in [2.24, 2.45) is 0 Å². The largest absolute Gasteiger partial charge is 0.382 e. The lowest BCUT2D eigenvalue weighted by Crippen LogP contribution is -2.12. The number of anilines is 3. The lowest BCUT2D eigenvalue weighted by atomic mass is 10.0. The highest BCUT2D eigenvalue weighted by atomic mass is 32.1. The summed E-state index contributed by atoms with van der Waals surface area (Å²) in [6, 6.07) is 8.09. The van der Waals surface area contributed by atoms with Crippen molar-refractivity contribution in [2.75, 3.05) is 30.0 Å². The second-order valence-electron chi connectivity index (χ2n) is 5.80. The topological polar surface area (TPSA) is 84.1 Å². The minimum absolute atomic E-state index is 0.122. The van der Waals surface area contributed by atoms with Gasteiger partial charge in [-0.1, -0.05) is 17.4 Å². The number of nitrogen functional groups attached to an aromatic ring is 1. The summed E-state index contributed by atoms with van der Waals surface area (Å²) < 4.78 is 1.01. The van der Waals surface area contributed by atoms with Gasteiger partial charge in [0, 0.05) is 32.3 Å². The molecule has 0 saturated heterocycles. The summed E-state index contributed by atoms with van der Waals surface area (Å²) in [5.74, 6) is 0.400. The third kappa shape index (κ3) is 3.03. The van der Waals surface area contributed by atoms with Gasteiger partial charge in [0.1, 0.15) is 5.82 Å². The number of hydrogen-bond donors (Lipinski definition) is 2. The van der Waals surface area contributed by atoms with Gasteiger partial charge in [-0.25, -0.2) is 9.97 Å². The number of thiazole rings is 1. The van der Waals surface area contributed by atoms with Crippen LogP contribution in [0.25, 0.3) is 21.3 Å². The molecular weight excluding hydrogens is 322 g/mol. The van der Waals surface area contributed by atoms with Crippen molar-refractivity contribution in [3.05, 3.63) is 30.0 Å². The molecule has 0 aliphatic heterocycles. The van der Waals surface area contributed by atoms with Gasteiger partial charge in [0.15, 0.2) is 5.13 Å². The molecule has 0 bridgehead atoms. The lowest BCUT2D eigenvalue weighted by molar-refractivity contribution is -0.114. The summed E-state index contributed by atoms with van der Waals surface area (Å²) in [5.41, 5.74) is 10.7. The average molecular weight is 341 g/mol. The van der Waals surface area contributed by atoms with Crippen molar-refractivity contribution in [1.82, 2.24) is 9.97 Å². The van der Waals surface area contributed by atoms with Crippen molar-refractivity contribution < 1.29 is 4.79 Å². The zero-order valence-electron chi connectivity index (χ0n) is 14.0. The van der Waals surface area contributed by atoms with Crippen molar-refractivity contribution in [3.8, 4) is 11.1 Å². The summed E-state index contributed by atoms with van der Waals surface area (Å²) in [5, 5.41) is 3.34. The Balaban J connectivity index is 2.09. The summed E-state index contributed by atoms with van der Waals surface area (Å²) in [7, 11) is 3.89. The minimum atomic E-state index is -0.122. The smallest absolute Gasteiger partial charge is 0.223 e. The maximum Gasteiger partial charge on any atom is 0.223 e. The summed E-state index contributed by atoms with van der Waals surface area (Å²) in [4.78, 5) is 22.0. The van der Waals surface area contributed by atoms with E-state index in [1.807, 2.05) is 38.1 Å². The van der Waals surface area contributed by atoms with Gasteiger partial charge in [0.25, 0.3) is 0 Å². The Hall–Kier alpha value is -2.67. The number of nitrogens with zero attached hydrogens (tertiary/aromatic N) is 3. The van der Waals surface area contributed by atoms with E-state index in [1.54, 1.807) is 0 Å². The van der Waals surface area contributed by atoms with Crippen LogP contribution in [0.2, 0.25) is 0 Å². The second kappa shape index (κ2) is 6.09. The maximum absolute atomic E-state index is 11.2. The van der Waals surface area contributed by atoms with Crippen LogP contribution in [-0.2, 0) is 4.79 Å². The Labute approximate surface area is 144 Å². The predicted octanol–water partition coefficient (Wildman–Crippen LogP) is 3.27. The van der Waals surface area contributed by atoms with Crippen molar-refractivity contribution in [2.45, 2.75) is 13.8 Å². The molecule has 0 unspecified atom stereocenters. The van der Waals surface area contributed by atoms with Crippen molar-refractivity contribution in [1.29, 1.82) is 0 Å². The van der Waals surface area contributed by atoms with Crippen LogP contribution in [-0.4, -0.2) is 30.0 Å². The molecule has 0 atom stereocenters. The van der Waals surface area contributed by atoms with E-state index < -0.39 is 0 Å². The highest BCUT2D eigenvalue weighted by molar-refractivity contribution is 7.22. The fourth-order valence-corrected chi connectivity index (χ4v) is 3.51. The van der Waals surface area contributed by atoms with Gasteiger partial charge in [-0.2, -0.15) is 0 Å². The Morgan fingerprint density at radius 3 is 2.67 bits per heavy atom. The fourth-order valence-electron chi connectivity index (χ4n) is 2.56. The molecule has 24 heavy (non-hydrogen) atoms. The normalized spacial score (nSPS) is 10.8. The molecule has 7 heteroatoms. The maximum atomic E-state index is 11.2. The monoisotopic (exact) mass is 341 g/mol. The van der Waals surface area contributed by atoms with Gasteiger partial charge in [-0.15, -0.1) is 0 Å². The first-order chi connectivity index (χ1) is 11.3. The van der Waals surface area contributed by atoms with Crippen LogP contribution in [0.3, 0.4) is 0 Å². The Kier molecular flexibility index (Phi) is 4.11. The van der Waals surface area contributed by atoms with E-state index in [4.69, 9.17) is 5.73 Å². The minimum Gasteiger partial charge on any atom is -0.382 e. The molecule has 2 heterocycles. The third-order valence-electron chi connectivity index (χ3n) is 3.69. The number of nitrogens with two attached hydrogens (primary N) is 1. The molecular formula is C17H19N5OS. The lowest BCUT2D eigenvalue weighted by Gasteiger charge is -2.17. The Bertz CT molecular complexity index is 932. The molecule has 0 spiro atoms. The third-order valence-corrected chi connectivity index (χ3v) is 4.62. The molecule has 3 aromatic rings. The van der Waals surface area contributed by atoms with Gasteiger partial charge in [0.2, 0.25) is 5.91 Å². The number of carbonyl (C=O) groups excluding carboxylic acids is 1. The van der Waals surface area contributed by atoms with Gasteiger partial charge < -0.3 is 16.0 Å². The molecule has 3 N–H and O–H groups in total. The van der Waals surface area contributed by atoms with E-state index in [2.05, 4.69) is 27.4 Å². The van der Waals surface area contributed by atoms with Crippen LogP contribution < -0.4 is 16.0 Å². The highest BCUT2D eigenvalue weighted by Crippen LogP contribution is 2.34. The molecule has 0 radical (unpaired) electrons. The Morgan fingerprint density at radius 2 is 2.00 bits per heavy atom. The van der Waals surface area contributed by atoms with E-state index in [0.29, 0.717) is 10.9 Å². The number of carbonyl (C=O) groups is 1. The summed E-state index contributed by atoms with van der Waals surface area (Å²) in [6.07, 6.45) is 0. The van der Waals surface area contributed by atoms with E-state index in [9.17, 15) is 4.79 Å². The molecule has 2 aromatic heterocycles. The first kappa shape index (κ1) is 16.2. The number of fused-ring (bicyclic) bond motifs is 1. The van der Waals surface area contributed by atoms with E-state index in [1.165, 1.54) is 18.3 Å². The zero-order chi connectivity index (χ0) is 17.4. The number of aryl methyl sites for hydroxylation is 1. The Morgan fingerprint density at radius 1 is 1.25 bits per heavy atom. The molecule has 124 valence electrons. The number of nitrogens with one attached hydrogen (secondary N) is 1. The van der Waals surface area contributed by atoms with Gasteiger partial charge in [-0.05, 0) is 30.7 Å². The molecule has 0 aliphatic carbocycles. The zero-order valence-corrected chi connectivity index (χ0v) is 14.9. The van der Waals surface area contributed by atoms with Crippen LogP contribution in [0.1, 0.15) is 12.6 Å². The van der Waals surface area contributed by atoms with Crippen molar-refractivity contribution >= 4 is 44.1 Å². The van der Waals surface area contributed by atoms with Crippen LogP contribution in [0.5, 0.6) is 0 Å². The molecule has 0 fully saturated rings. The number of aromatic nitrogens is 2. The fraction of sp³-hybridized carbons (Fsp3) is 0.235. The summed E-state index contributed by atoms with van der Waals surface area (Å²) in [6.45, 7) is 3.43. The quantitative estimate of drug-likeness (QED) is 0.764. The van der Waals surface area contributed by atoms with Crippen LogP contribution in [0, 0.1) is 6.92 Å². The molecule has 3 rings (SSSR count). The molecule has 0 saturated carbocycles. The van der Waals surface area contributed by atoms with E-state index in [0.717, 1.165) is 32.7 Å².